The Morgan fingerprint density at radius 3 is 2.93 bits per heavy atom. The molecule has 2 N–H and O–H groups in total. The summed E-state index contributed by atoms with van der Waals surface area (Å²) < 4.78 is 1.76. The molecule has 4 aromatic rings. The summed E-state index contributed by atoms with van der Waals surface area (Å²) in [7, 11) is 0. The van der Waals surface area contributed by atoms with Crippen LogP contribution in [0.1, 0.15) is 25.5 Å². The number of hydrogen-bond acceptors (Lipinski definition) is 8. The quantitative estimate of drug-likeness (QED) is 0.365. The predicted octanol–water partition coefficient (Wildman–Crippen LogP) is 2.32. The lowest BCUT2D eigenvalue weighted by Crippen LogP contribution is -2.13. The van der Waals surface area contributed by atoms with Gasteiger partial charge in [0.25, 0.3) is 0 Å². The fraction of sp³-hybridized carbons (Fsp3) is 0.263. The highest BCUT2D eigenvalue weighted by Gasteiger charge is 2.12. The van der Waals surface area contributed by atoms with Crippen molar-refractivity contribution < 1.29 is 0 Å². The molecule has 10 nitrogen and oxygen atoms in total. The molecule has 0 saturated heterocycles. The number of hydrogen-bond donors (Lipinski definition) is 2. The van der Waals surface area contributed by atoms with Crippen molar-refractivity contribution in [1.82, 2.24) is 40.1 Å². The van der Waals surface area contributed by atoms with Crippen LogP contribution < -0.4 is 10.6 Å². The smallest absolute Gasteiger partial charge is 0.205 e. The molecule has 3 heterocycles. The Labute approximate surface area is 167 Å². The van der Waals surface area contributed by atoms with Crippen LogP contribution >= 0.6 is 0 Å². The van der Waals surface area contributed by atoms with Gasteiger partial charge in [-0.3, -0.25) is 0 Å². The van der Waals surface area contributed by atoms with Gasteiger partial charge in [-0.15, -0.1) is 10.2 Å². The van der Waals surface area contributed by atoms with Gasteiger partial charge in [0.1, 0.15) is 11.8 Å². The van der Waals surface area contributed by atoms with Crippen molar-refractivity contribution in [2.75, 3.05) is 11.9 Å². The SMILES string of the molecule is CC(C)n1nnc(-c2cccc(Nc3ncnn4ccc(CNCC#N)c34)c2)n1. The van der Waals surface area contributed by atoms with E-state index in [1.54, 1.807) is 9.31 Å². The minimum Gasteiger partial charge on any atom is -0.338 e. The van der Waals surface area contributed by atoms with Crippen molar-refractivity contribution in [3.05, 3.63) is 48.4 Å². The lowest BCUT2D eigenvalue weighted by Gasteiger charge is -2.09. The number of aromatic nitrogens is 7. The zero-order chi connectivity index (χ0) is 20.2. The molecule has 0 amide bonds. The van der Waals surface area contributed by atoms with Crippen LogP contribution in [-0.4, -0.2) is 41.4 Å². The van der Waals surface area contributed by atoms with Crippen molar-refractivity contribution >= 4 is 17.0 Å². The number of anilines is 2. The topological polar surface area (TPSA) is 122 Å². The fourth-order valence-electron chi connectivity index (χ4n) is 2.94. The van der Waals surface area contributed by atoms with E-state index in [0.717, 1.165) is 22.3 Å². The van der Waals surface area contributed by atoms with Gasteiger partial charge in [0.2, 0.25) is 5.82 Å². The minimum absolute atomic E-state index is 0.147. The van der Waals surface area contributed by atoms with Gasteiger partial charge in [0.05, 0.1) is 18.7 Å². The van der Waals surface area contributed by atoms with E-state index >= 15 is 0 Å². The molecule has 0 aliphatic heterocycles. The molecule has 29 heavy (non-hydrogen) atoms. The molecule has 0 unspecified atom stereocenters. The van der Waals surface area contributed by atoms with E-state index in [4.69, 9.17) is 5.26 Å². The number of rotatable bonds is 7. The average Bonchev–Trinajstić information content (AvgIpc) is 3.37. The Kier molecular flexibility index (Phi) is 5.13. The van der Waals surface area contributed by atoms with Crippen LogP contribution in [0.2, 0.25) is 0 Å². The molecule has 0 spiro atoms. The highest BCUT2D eigenvalue weighted by Crippen LogP contribution is 2.25. The van der Waals surface area contributed by atoms with Gasteiger partial charge in [-0.25, -0.2) is 9.50 Å². The first-order chi connectivity index (χ1) is 14.2. The molecule has 0 bridgehead atoms. The summed E-state index contributed by atoms with van der Waals surface area (Å²) in [4.78, 5) is 6.00. The molecule has 0 radical (unpaired) electrons. The van der Waals surface area contributed by atoms with Crippen molar-refractivity contribution in [2.45, 2.75) is 26.4 Å². The summed E-state index contributed by atoms with van der Waals surface area (Å²) in [5.74, 6) is 1.24. The van der Waals surface area contributed by atoms with E-state index in [9.17, 15) is 0 Å². The van der Waals surface area contributed by atoms with E-state index in [1.807, 2.05) is 50.4 Å². The van der Waals surface area contributed by atoms with Crippen molar-refractivity contribution in [3.8, 4) is 17.5 Å². The van der Waals surface area contributed by atoms with Crippen molar-refractivity contribution in [2.24, 2.45) is 0 Å². The third-order valence-electron chi connectivity index (χ3n) is 4.33. The highest BCUT2D eigenvalue weighted by atomic mass is 15.6. The molecule has 1 aromatic carbocycles. The number of nitrogens with one attached hydrogen (secondary N) is 2. The normalized spacial score (nSPS) is 11.1. The maximum absolute atomic E-state index is 8.74. The molecule has 0 atom stereocenters. The summed E-state index contributed by atoms with van der Waals surface area (Å²) in [6.07, 6.45) is 3.37. The summed E-state index contributed by atoms with van der Waals surface area (Å²) in [6.45, 7) is 4.84. The number of benzene rings is 1. The van der Waals surface area contributed by atoms with Gasteiger partial charge in [-0.05, 0) is 42.8 Å². The van der Waals surface area contributed by atoms with Gasteiger partial charge in [-0.2, -0.15) is 15.2 Å². The van der Waals surface area contributed by atoms with Crippen LogP contribution in [-0.2, 0) is 6.54 Å². The maximum atomic E-state index is 8.74. The maximum Gasteiger partial charge on any atom is 0.205 e. The number of fused-ring (bicyclic) bond motifs is 1. The largest absolute Gasteiger partial charge is 0.338 e. The zero-order valence-corrected chi connectivity index (χ0v) is 16.1. The molecule has 146 valence electrons. The molecular formula is C19H20N10. The Morgan fingerprint density at radius 2 is 2.14 bits per heavy atom. The van der Waals surface area contributed by atoms with Crippen molar-refractivity contribution in [1.29, 1.82) is 5.26 Å². The highest BCUT2D eigenvalue weighted by molar-refractivity contribution is 5.77. The van der Waals surface area contributed by atoms with E-state index in [-0.39, 0.29) is 12.6 Å². The first kappa shape index (κ1) is 18.5. The standard InChI is InChI=1S/C19H20N10/c1-13(2)29-26-18(25-27-29)14-4-3-5-16(10-14)24-19-17-15(11-21-8-7-20)6-9-28(17)23-12-22-19/h3-6,9-10,12-13,21H,8,11H2,1-2H3,(H,22,23,24). The molecule has 0 aliphatic carbocycles. The lowest BCUT2D eigenvalue weighted by atomic mass is 10.2. The Bertz CT molecular complexity index is 1170. The van der Waals surface area contributed by atoms with Crippen LogP contribution in [0.15, 0.2) is 42.9 Å². The third-order valence-corrected chi connectivity index (χ3v) is 4.33. The molecule has 4 rings (SSSR count). The zero-order valence-electron chi connectivity index (χ0n) is 16.1. The Morgan fingerprint density at radius 1 is 1.24 bits per heavy atom. The van der Waals surface area contributed by atoms with Crippen LogP contribution in [0.3, 0.4) is 0 Å². The van der Waals surface area contributed by atoms with Crippen LogP contribution in [0.25, 0.3) is 16.9 Å². The fourth-order valence-corrected chi connectivity index (χ4v) is 2.94. The van der Waals surface area contributed by atoms with E-state index in [0.29, 0.717) is 18.2 Å². The van der Waals surface area contributed by atoms with Crippen LogP contribution in [0.4, 0.5) is 11.5 Å². The lowest BCUT2D eigenvalue weighted by molar-refractivity contribution is 0.455. The summed E-state index contributed by atoms with van der Waals surface area (Å²) in [5.41, 5.74) is 3.56. The molecule has 10 heteroatoms. The van der Waals surface area contributed by atoms with Gasteiger partial charge >= 0.3 is 0 Å². The summed E-state index contributed by atoms with van der Waals surface area (Å²) >= 11 is 0. The number of nitriles is 1. The number of tetrazole rings is 1. The first-order valence-corrected chi connectivity index (χ1v) is 9.21. The number of nitrogens with zero attached hydrogens (tertiary/aromatic N) is 8. The molecule has 3 aromatic heterocycles. The molecule has 0 fully saturated rings. The van der Waals surface area contributed by atoms with Gasteiger partial charge in [0, 0.05) is 24.0 Å². The second-order valence-corrected chi connectivity index (χ2v) is 6.74. The molecular weight excluding hydrogens is 368 g/mol. The Balaban J connectivity index is 1.63. The second kappa shape index (κ2) is 8.04. The van der Waals surface area contributed by atoms with Crippen LogP contribution in [0.5, 0.6) is 0 Å². The minimum atomic E-state index is 0.147. The van der Waals surface area contributed by atoms with Gasteiger partial charge < -0.3 is 10.6 Å². The molecule has 0 aliphatic rings. The Hall–Kier alpha value is -3.84. The van der Waals surface area contributed by atoms with E-state index < -0.39 is 0 Å². The third kappa shape index (κ3) is 3.90. The first-order valence-electron chi connectivity index (χ1n) is 9.21. The second-order valence-electron chi connectivity index (χ2n) is 6.74. The van der Waals surface area contributed by atoms with E-state index in [2.05, 4.69) is 42.2 Å². The van der Waals surface area contributed by atoms with Crippen molar-refractivity contribution in [3.63, 3.8) is 0 Å². The van der Waals surface area contributed by atoms with E-state index in [1.165, 1.54) is 6.33 Å². The summed E-state index contributed by atoms with van der Waals surface area (Å²) in [6, 6.07) is 12.0. The van der Waals surface area contributed by atoms with Gasteiger partial charge in [-0.1, -0.05) is 12.1 Å². The monoisotopic (exact) mass is 388 g/mol. The van der Waals surface area contributed by atoms with Gasteiger partial charge in [0.15, 0.2) is 5.82 Å². The van der Waals surface area contributed by atoms with Crippen LogP contribution in [0, 0.1) is 11.3 Å². The summed E-state index contributed by atoms with van der Waals surface area (Å²) in [5, 5.41) is 32.1. The molecule has 0 saturated carbocycles. The predicted molar refractivity (Wildman–Crippen MR) is 107 cm³/mol. The average molecular weight is 388 g/mol.